The highest BCUT2D eigenvalue weighted by Gasteiger charge is 2.16. The van der Waals surface area contributed by atoms with E-state index < -0.39 is 5.60 Å². The van der Waals surface area contributed by atoms with E-state index in [0.29, 0.717) is 30.9 Å². The molecule has 214 valence electrons. The van der Waals surface area contributed by atoms with Crippen molar-refractivity contribution in [1.82, 2.24) is 30.2 Å². The molecule has 5 N–H and O–H groups in total. The molecule has 39 heavy (non-hydrogen) atoms. The predicted molar refractivity (Wildman–Crippen MR) is 153 cm³/mol. The van der Waals surface area contributed by atoms with Crippen molar-refractivity contribution < 1.29 is 14.3 Å². The van der Waals surface area contributed by atoms with Gasteiger partial charge in [-0.3, -0.25) is 4.57 Å². The summed E-state index contributed by atoms with van der Waals surface area (Å²) in [6, 6.07) is 8.34. The second kappa shape index (κ2) is 14.5. The Balaban J connectivity index is 1.40. The summed E-state index contributed by atoms with van der Waals surface area (Å²) >= 11 is 0. The number of imidazole rings is 1. The van der Waals surface area contributed by atoms with Crippen LogP contribution in [0.1, 0.15) is 77.3 Å². The average Bonchev–Trinajstić information content (AvgIpc) is 3.18. The molecule has 2 aromatic heterocycles. The summed E-state index contributed by atoms with van der Waals surface area (Å²) in [5.41, 5.74) is 8.29. The Kier molecular flexibility index (Phi) is 11.2. The maximum Gasteiger partial charge on any atom is 0.407 e. The van der Waals surface area contributed by atoms with E-state index in [1.54, 1.807) is 4.57 Å². The molecule has 0 aliphatic rings. The Labute approximate surface area is 229 Å². The molecule has 0 saturated carbocycles. The molecule has 0 saturated heterocycles. The van der Waals surface area contributed by atoms with Gasteiger partial charge in [-0.2, -0.15) is 9.97 Å². The zero-order valence-corrected chi connectivity index (χ0v) is 23.6. The molecular formula is C28H43N7O4. The number of hydrogen-bond acceptors (Lipinski definition) is 8. The first-order chi connectivity index (χ1) is 18.7. The Morgan fingerprint density at radius 2 is 1.72 bits per heavy atom. The molecule has 1 amide bonds. The zero-order valence-electron chi connectivity index (χ0n) is 23.6. The van der Waals surface area contributed by atoms with Crippen LogP contribution in [-0.4, -0.2) is 50.9 Å². The smallest absolute Gasteiger partial charge is 0.407 e. The van der Waals surface area contributed by atoms with E-state index in [2.05, 4.69) is 44.6 Å². The molecule has 11 nitrogen and oxygen atoms in total. The van der Waals surface area contributed by atoms with Crippen molar-refractivity contribution >= 4 is 23.1 Å². The van der Waals surface area contributed by atoms with Crippen LogP contribution in [0.3, 0.4) is 0 Å². The average molecular weight is 542 g/mol. The summed E-state index contributed by atoms with van der Waals surface area (Å²) in [4.78, 5) is 35.6. The number of H-pyrrole nitrogens is 1. The van der Waals surface area contributed by atoms with Crippen LogP contribution in [0.4, 0.5) is 10.6 Å². The molecule has 3 rings (SSSR count). The fourth-order valence-electron chi connectivity index (χ4n) is 3.96. The van der Waals surface area contributed by atoms with Gasteiger partial charge in [0.2, 0.25) is 0 Å². The number of unbranched alkanes of at least 4 members (excludes halogenated alkanes) is 4. The van der Waals surface area contributed by atoms with E-state index in [4.69, 9.17) is 15.2 Å². The van der Waals surface area contributed by atoms with Crippen molar-refractivity contribution in [2.24, 2.45) is 0 Å². The number of rotatable bonds is 15. The predicted octanol–water partition coefficient (Wildman–Crippen LogP) is 4.10. The van der Waals surface area contributed by atoms with Gasteiger partial charge < -0.3 is 30.8 Å². The molecule has 0 bridgehead atoms. The first-order valence-corrected chi connectivity index (χ1v) is 13.8. The van der Waals surface area contributed by atoms with Crippen LogP contribution >= 0.6 is 0 Å². The lowest BCUT2D eigenvalue weighted by Crippen LogP contribution is -2.32. The fourth-order valence-corrected chi connectivity index (χ4v) is 3.96. The van der Waals surface area contributed by atoms with Crippen molar-refractivity contribution in [2.45, 2.75) is 84.9 Å². The number of benzene rings is 1. The lowest BCUT2D eigenvalue weighted by atomic mass is 10.1. The number of anilines is 1. The van der Waals surface area contributed by atoms with E-state index >= 15 is 0 Å². The number of nitrogens with two attached hydrogens (primary N) is 1. The molecule has 1 aromatic carbocycles. The molecule has 3 aromatic rings. The molecule has 0 aliphatic carbocycles. The van der Waals surface area contributed by atoms with Crippen molar-refractivity contribution in [2.75, 3.05) is 25.4 Å². The molecule has 0 fully saturated rings. The van der Waals surface area contributed by atoms with Gasteiger partial charge in [0.25, 0.3) is 0 Å². The van der Waals surface area contributed by atoms with Crippen molar-refractivity contribution in [3.63, 3.8) is 0 Å². The van der Waals surface area contributed by atoms with Crippen LogP contribution in [-0.2, 0) is 17.8 Å². The van der Waals surface area contributed by atoms with Gasteiger partial charge >= 0.3 is 17.8 Å². The first kappa shape index (κ1) is 29.9. The first-order valence-electron chi connectivity index (χ1n) is 13.8. The number of aromatic nitrogens is 4. The van der Waals surface area contributed by atoms with Crippen LogP contribution in [0, 0.1) is 0 Å². The van der Waals surface area contributed by atoms with Gasteiger partial charge in [-0.05, 0) is 57.7 Å². The van der Waals surface area contributed by atoms with Gasteiger partial charge in [0, 0.05) is 13.1 Å². The Morgan fingerprint density at radius 3 is 2.41 bits per heavy atom. The second-order valence-electron chi connectivity index (χ2n) is 10.6. The monoisotopic (exact) mass is 541 g/mol. The number of nitrogen functional groups attached to an aromatic ring is 1. The van der Waals surface area contributed by atoms with E-state index in [1.807, 2.05) is 32.9 Å². The number of amides is 1. The van der Waals surface area contributed by atoms with E-state index in [-0.39, 0.29) is 23.6 Å². The summed E-state index contributed by atoms with van der Waals surface area (Å²) in [7, 11) is 0. The number of nitrogens with one attached hydrogen (secondary N) is 3. The molecule has 11 heteroatoms. The van der Waals surface area contributed by atoms with Crippen LogP contribution in [0.5, 0.6) is 6.01 Å². The number of carbonyl (C=O) groups excluding carboxylic acids is 1. The molecule has 0 spiro atoms. The fraction of sp³-hybridized carbons (Fsp3) is 0.571. The summed E-state index contributed by atoms with van der Waals surface area (Å²) < 4.78 is 12.4. The van der Waals surface area contributed by atoms with E-state index in [9.17, 15) is 9.59 Å². The van der Waals surface area contributed by atoms with Crippen LogP contribution in [0.2, 0.25) is 0 Å². The van der Waals surface area contributed by atoms with Gasteiger partial charge in [0.05, 0.1) is 13.2 Å². The van der Waals surface area contributed by atoms with Gasteiger partial charge in [0.1, 0.15) is 11.1 Å². The third kappa shape index (κ3) is 9.90. The second-order valence-corrected chi connectivity index (χ2v) is 10.6. The highest BCUT2D eigenvalue weighted by Crippen LogP contribution is 2.19. The van der Waals surface area contributed by atoms with Crippen molar-refractivity contribution in [3.05, 3.63) is 45.9 Å². The van der Waals surface area contributed by atoms with Crippen molar-refractivity contribution in [1.29, 1.82) is 0 Å². The molecule has 0 aliphatic heterocycles. The third-order valence-electron chi connectivity index (χ3n) is 6.00. The molecule has 0 unspecified atom stereocenters. The highest BCUT2D eigenvalue weighted by atomic mass is 16.6. The summed E-state index contributed by atoms with van der Waals surface area (Å²) in [5, 5.41) is 6.27. The largest absolute Gasteiger partial charge is 0.463 e. The topological polar surface area (TPSA) is 149 Å². The highest BCUT2D eigenvalue weighted by molar-refractivity contribution is 5.81. The quantitative estimate of drug-likeness (QED) is 0.210. The van der Waals surface area contributed by atoms with Crippen LogP contribution in [0.25, 0.3) is 11.2 Å². The van der Waals surface area contributed by atoms with Gasteiger partial charge in [-0.25, -0.2) is 9.59 Å². The maximum atomic E-state index is 12.6. The van der Waals surface area contributed by atoms with Crippen LogP contribution < -0.4 is 26.8 Å². The SMILES string of the molecule is CCCCOc1nc(N)c2[nH]c(=O)n(Cc3ccc(CNCCCCCCNC(=O)OC(C)(C)C)cc3)c2n1. The number of nitrogens with zero attached hydrogens (tertiary/aromatic N) is 3. The van der Waals surface area contributed by atoms with Crippen molar-refractivity contribution in [3.8, 4) is 6.01 Å². The van der Waals surface area contributed by atoms with Gasteiger partial charge in [0.15, 0.2) is 11.5 Å². The third-order valence-corrected chi connectivity index (χ3v) is 6.00. The van der Waals surface area contributed by atoms with Crippen LogP contribution in [0.15, 0.2) is 29.1 Å². The minimum Gasteiger partial charge on any atom is -0.463 e. The minimum absolute atomic E-state index is 0.181. The number of aromatic amines is 1. The van der Waals surface area contributed by atoms with Gasteiger partial charge in [-0.15, -0.1) is 0 Å². The standard InChI is InChI=1S/C28H43N7O4/c1-5-6-17-38-25-33-23(29)22-24(34-25)35(26(36)32-22)19-21-13-11-20(12-14-21)18-30-15-9-7-8-10-16-31-27(37)39-28(2,3)4/h11-14,30H,5-10,15-19H2,1-4H3,(H,31,37)(H,32,36)(H2,29,33,34). The molecule has 0 atom stereocenters. The minimum atomic E-state index is -0.467. The van der Waals surface area contributed by atoms with E-state index in [0.717, 1.165) is 57.2 Å². The Hall–Kier alpha value is -3.60. The number of alkyl carbamates (subject to hydrolysis) is 1. The number of fused-ring (bicyclic) bond motifs is 1. The van der Waals surface area contributed by atoms with E-state index in [1.165, 1.54) is 5.56 Å². The summed E-state index contributed by atoms with van der Waals surface area (Å²) in [6.45, 7) is 10.8. The Bertz CT molecular complexity index is 1250. The van der Waals surface area contributed by atoms with Gasteiger partial charge in [-0.1, -0.05) is 50.5 Å². The summed E-state index contributed by atoms with van der Waals surface area (Å²) in [5.74, 6) is 0.196. The number of ether oxygens (including phenoxy) is 2. The number of hydrogen-bond donors (Lipinski definition) is 4. The Morgan fingerprint density at radius 1 is 1.03 bits per heavy atom. The lowest BCUT2D eigenvalue weighted by molar-refractivity contribution is 0.0527. The number of carbonyl (C=O) groups is 1. The zero-order chi connectivity index (χ0) is 28.3. The molecule has 0 radical (unpaired) electrons. The summed E-state index contributed by atoms with van der Waals surface area (Å²) in [6.07, 6.45) is 5.69. The molecular weight excluding hydrogens is 498 g/mol. The lowest BCUT2D eigenvalue weighted by Gasteiger charge is -2.19. The maximum absolute atomic E-state index is 12.6. The normalized spacial score (nSPS) is 11.6. The molecule has 2 heterocycles.